The molecule has 6 heteroatoms. The predicted octanol–water partition coefficient (Wildman–Crippen LogP) is 3.13. The van der Waals surface area contributed by atoms with E-state index in [-0.39, 0.29) is 12.0 Å². The lowest BCUT2D eigenvalue weighted by Crippen LogP contribution is -2.41. The quantitative estimate of drug-likeness (QED) is 0.888. The van der Waals surface area contributed by atoms with Crippen molar-refractivity contribution in [1.82, 2.24) is 15.2 Å². The van der Waals surface area contributed by atoms with Gasteiger partial charge in [0, 0.05) is 38.4 Å². The van der Waals surface area contributed by atoms with E-state index >= 15 is 0 Å². The molecule has 1 fully saturated rings. The SMILES string of the molecule is CC(C)(C)OC(=O)N1CCC(CCC(=O)NCc2cccnc2)CC1. The van der Waals surface area contributed by atoms with Gasteiger partial charge in [-0.2, -0.15) is 0 Å². The number of rotatable bonds is 5. The first kappa shape index (κ1) is 19.2. The van der Waals surface area contributed by atoms with Crippen LogP contribution >= 0.6 is 0 Å². The molecule has 1 aliphatic rings. The van der Waals surface area contributed by atoms with Gasteiger partial charge in [-0.15, -0.1) is 0 Å². The average Bonchev–Trinajstić information content (AvgIpc) is 2.58. The Morgan fingerprint density at radius 2 is 2.04 bits per heavy atom. The number of nitrogens with zero attached hydrogens (tertiary/aromatic N) is 2. The Bertz CT molecular complexity index is 561. The Balaban J connectivity index is 1.63. The van der Waals surface area contributed by atoms with Gasteiger partial charge in [0.15, 0.2) is 0 Å². The second kappa shape index (κ2) is 8.83. The molecular weight excluding hydrogens is 318 g/mol. The van der Waals surface area contributed by atoms with Gasteiger partial charge in [0.05, 0.1) is 0 Å². The third-order valence-electron chi connectivity index (χ3n) is 4.26. The third-order valence-corrected chi connectivity index (χ3v) is 4.26. The maximum Gasteiger partial charge on any atom is 0.410 e. The van der Waals surface area contributed by atoms with Crippen molar-refractivity contribution in [2.24, 2.45) is 5.92 Å². The Kier molecular flexibility index (Phi) is 6.79. The van der Waals surface area contributed by atoms with Gasteiger partial charge >= 0.3 is 6.09 Å². The van der Waals surface area contributed by atoms with Gasteiger partial charge in [0.2, 0.25) is 5.91 Å². The first-order valence-corrected chi connectivity index (χ1v) is 8.97. The Hall–Kier alpha value is -2.11. The number of carbonyl (C=O) groups is 2. The number of nitrogens with one attached hydrogen (secondary N) is 1. The second-order valence-electron chi connectivity index (χ2n) is 7.59. The zero-order valence-electron chi connectivity index (χ0n) is 15.5. The van der Waals surface area contributed by atoms with Crippen molar-refractivity contribution in [2.75, 3.05) is 13.1 Å². The smallest absolute Gasteiger partial charge is 0.410 e. The van der Waals surface area contributed by atoms with Crippen LogP contribution in [0.2, 0.25) is 0 Å². The molecule has 2 rings (SSSR count). The highest BCUT2D eigenvalue weighted by Crippen LogP contribution is 2.23. The van der Waals surface area contributed by atoms with E-state index in [4.69, 9.17) is 4.74 Å². The molecule has 1 aliphatic heterocycles. The van der Waals surface area contributed by atoms with Crippen LogP contribution in [0.3, 0.4) is 0 Å². The van der Waals surface area contributed by atoms with E-state index in [9.17, 15) is 9.59 Å². The fourth-order valence-corrected chi connectivity index (χ4v) is 2.86. The van der Waals surface area contributed by atoms with Crippen molar-refractivity contribution >= 4 is 12.0 Å². The van der Waals surface area contributed by atoms with Crippen molar-refractivity contribution < 1.29 is 14.3 Å². The van der Waals surface area contributed by atoms with E-state index in [1.165, 1.54) is 0 Å². The van der Waals surface area contributed by atoms with Crippen molar-refractivity contribution in [3.63, 3.8) is 0 Å². The minimum atomic E-state index is -0.458. The summed E-state index contributed by atoms with van der Waals surface area (Å²) in [7, 11) is 0. The highest BCUT2D eigenvalue weighted by molar-refractivity contribution is 5.75. The van der Waals surface area contributed by atoms with Crippen LogP contribution in [0.4, 0.5) is 4.79 Å². The molecule has 0 aliphatic carbocycles. The summed E-state index contributed by atoms with van der Waals surface area (Å²) in [6.07, 6.45) is 6.48. The molecule has 2 amide bonds. The standard InChI is InChI=1S/C19H29N3O3/c1-19(2,3)25-18(24)22-11-8-15(9-12-22)6-7-17(23)21-14-16-5-4-10-20-13-16/h4-5,10,13,15H,6-9,11-12,14H2,1-3H3,(H,21,23). The first-order valence-electron chi connectivity index (χ1n) is 8.97. The van der Waals surface area contributed by atoms with Gasteiger partial charge in [0.25, 0.3) is 0 Å². The molecule has 0 aromatic carbocycles. The lowest BCUT2D eigenvalue weighted by Gasteiger charge is -2.33. The molecule has 0 saturated carbocycles. The van der Waals surface area contributed by atoms with E-state index in [1.807, 2.05) is 32.9 Å². The molecule has 0 radical (unpaired) electrons. The monoisotopic (exact) mass is 347 g/mol. The lowest BCUT2D eigenvalue weighted by molar-refractivity contribution is -0.121. The van der Waals surface area contributed by atoms with E-state index in [1.54, 1.807) is 17.3 Å². The topological polar surface area (TPSA) is 71.5 Å². The second-order valence-corrected chi connectivity index (χ2v) is 7.59. The summed E-state index contributed by atoms with van der Waals surface area (Å²) in [6.45, 7) is 7.56. The minimum Gasteiger partial charge on any atom is -0.444 e. The van der Waals surface area contributed by atoms with Crippen LogP contribution in [0.15, 0.2) is 24.5 Å². The molecule has 1 saturated heterocycles. The molecular formula is C19H29N3O3. The zero-order chi connectivity index (χ0) is 18.3. The average molecular weight is 347 g/mol. The molecule has 1 N–H and O–H groups in total. The predicted molar refractivity (Wildman–Crippen MR) is 95.8 cm³/mol. The molecule has 1 aromatic rings. The van der Waals surface area contributed by atoms with Crippen LogP contribution in [-0.4, -0.2) is 40.6 Å². The number of hydrogen-bond acceptors (Lipinski definition) is 4. The highest BCUT2D eigenvalue weighted by Gasteiger charge is 2.26. The summed E-state index contributed by atoms with van der Waals surface area (Å²) in [5, 5.41) is 2.93. The number of likely N-dealkylation sites (tertiary alicyclic amines) is 1. The Morgan fingerprint density at radius 3 is 2.64 bits per heavy atom. The molecule has 138 valence electrons. The highest BCUT2D eigenvalue weighted by atomic mass is 16.6. The Morgan fingerprint density at radius 1 is 1.32 bits per heavy atom. The molecule has 0 bridgehead atoms. The summed E-state index contributed by atoms with van der Waals surface area (Å²) < 4.78 is 5.40. The van der Waals surface area contributed by atoms with Crippen molar-refractivity contribution in [3.05, 3.63) is 30.1 Å². The van der Waals surface area contributed by atoms with Gasteiger partial charge in [-0.1, -0.05) is 6.07 Å². The maximum absolute atomic E-state index is 12.0. The molecule has 6 nitrogen and oxygen atoms in total. The number of ether oxygens (including phenoxy) is 1. The number of pyridine rings is 1. The number of hydrogen-bond donors (Lipinski definition) is 1. The van der Waals surface area contributed by atoms with Gasteiger partial charge < -0.3 is 15.0 Å². The van der Waals surface area contributed by atoms with Crippen LogP contribution < -0.4 is 5.32 Å². The van der Waals surface area contributed by atoms with Crippen LogP contribution in [0, 0.1) is 5.92 Å². The molecule has 0 spiro atoms. The van der Waals surface area contributed by atoms with Crippen molar-refractivity contribution in [3.8, 4) is 0 Å². The fraction of sp³-hybridized carbons (Fsp3) is 0.632. The van der Waals surface area contributed by atoms with E-state index in [0.717, 1.165) is 24.8 Å². The molecule has 25 heavy (non-hydrogen) atoms. The van der Waals surface area contributed by atoms with Gasteiger partial charge in [0.1, 0.15) is 5.60 Å². The fourth-order valence-electron chi connectivity index (χ4n) is 2.86. The van der Waals surface area contributed by atoms with E-state index in [2.05, 4.69) is 10.3 Å². The van der Waals surface area contributed by atoms with Crippen molar-refractivity contribution in [1.29, 1.82) is 0 Å². The van der Waals surface area contributed by atoms with Crippen LogP contribution in [0.25, 0.3) is 0 Å². The van der Waals surface area contributed by atoms with Gasteiger partial charge in [-0.05, 0) is 57.6 Å². The summed E-state index contributed by atoms with van der Waals surface area (Å²) in [4.78, 5) is 29.8. The third kappa shape index (κ3) is 7.11. The normalized spacial score (nSPS) is 15.7. The van der Waals surface area contributed by atoms with Crippen LogP contribution in [0.1, 0.15) is 52.0 Å². The van der Waals surface area contributed by atoms with E-state index in [0.29, 0.717) is 32.0 Å². The largest absolute Gasteiger partial charge is 0.444 e. The van der Waals surface area contributed by atoms with Crippen LogP contribution in [-0.2, 0) is 16.1 Å². The summed E-state index contributed by atoms with van der Waals surface area (Å²) in [5.41, 5.74) is 0.543. The number of carbonyl (C=O) groups excluding carboxylic acids is 2. The van der Waals surface area contributed by atoms with Gasteiger partial charge in [-0.3, -0.25) is 9.78 Å². The number of amides is 2. The minimum absolute atomic E-state index is 0.0680. The first-order chi connectivity index (χ1) is 11.8. The number of piperidine rings is 1. The molecule has 2 heterocycles. The van der Waals surface area contributed by atoms with E-state index < -0.39 is 5.60 Å². The van der Waals surface area contributed by atoms with Gasteiger partial charge in [-0.25, -0.2) is 4.79 Å². The molecule has 0 atom stereocenters. The van der Waals surface area contributed by atoms with Crippen molar-refractivity contribution in [2.45, 2.75) is 58.6 Å². The van der Waals surface area contributed by atoms with Crippen LogP contribution in [0.5, 0.6) is 0 Å². The number of aromatic nitrogens is 1. The zero-order valence-corrected chi connectivity index (χ0v) is 15.5. The maximum atomic E-state index is 12.0. The molecule has 1 aromatic heterocycles. The lowest BCUT2D eigenvalue weighted by atomic mass is 9.92. The Labute approximate surface area is 150 Å². The molecule has 0 unspecified atom stereocenters. The summed E-state index contributed by atoms with van der Waals surface area (Å²) >= 11 is 0. The summed E-state index contributed by atoms with van der Waals surface area (Å²) in [5.74, 6) is 0.557. The summed E-state index contributed by atoms with van der Waals surface area (Å²) in [6, 6.07) is 3.81.